The Bertz CT molecular complexity index is 821. The van der Waals surface area contributed by atoms with Gasteiger partial charge in [-0.25, -0.2) is 4.98 Å². The first-order valence-corrected chi connectivity index (χ1v) is 10.0. The third-order valence-electron chi connectivity index (χ3n) is 5.25. The Morgan fingerprint density at radius 2 is 1.87 bits per heavy atom. The number of benzene rings is 1. The highest BCUT2D eigenvalue weighted by Gasteiger charge is 2.16. The van der Waals surface area contributed by atoms with Gasteiger partial charge < -0.3 is 25.0 Å². The SMILES string of the molecule is CN=C(NCc1ccc(N2CCC(C)CC2)nc1)Nc1ccc(OC)c(OC)c1.I. The summed E-state index contributed by atoms with van der Waals surface area (Å²) >= 11 is 0. The second-order valence-electron chi connectivity index (χ2n) is 7.31. The highest BCUT2D eigenvalue weighted by atomic mass is 127. The maximum absolute atomic E-state index is 5.35. The molecule has 0 unspecified atom stereocenters. The molecule has 1 fully saturated rings. The van der Waals surface area contributed by atoms with E-state index >= 15 is 0 Å². The lowest BCUT2D eigenvalue weighted by Gasteiger charge is -2.31. The molecule has 30 heavy (non-hydrogen) atoms. The van der Waals surface area contributed by atoms with Crippen LogP contribution < -0.4 is 25.0 Å². The number of guanidine groups is 1. The highest BCUT2D eigenvalue weighted by molar-refractivity contribution is 14.0. The number of aliphatic imine (C=N–C) groups is 1. The molecule has 0 amide bonds. The first kappa shape index (κ1) is 24.0. The first-order chi connectivity index (χ1) is 14.1. The van der Waals surface area contributed by atoms with Crippen LogP contribution >= 0.6 is 24.0 Å². The van der Waals surface area contributed by atoms with Gasteiger partial charge in [-0.3, -0.25) is 4.99 Å². The third-order valence-corrected chi connectivity index (χ3v) is 5.25. The van der Waals surface area contributed by atoms with Crippen LogP contribution in [0, 0.1) is 5.92 Å². The van der Waals surface area contributed by atoms with Crippen molar-refractivity contribution in [2.45, 2.75) is 26.3 Å². The molecule has 7 nitrogen and oxygen atoms in total. The summed E-state index contributed by atoms with van der Waals surface area (Å²) < 4.78 is 10.6. The second kappa shape index (κ2) is 11.8. The van der Waals surface area contributed by atoms with E-state index in [1.807, 2.05) is 24.4 Å². The van der Waals surface area contributed by atoms with Gasteiger partial charge in [0.2, 0.25) is 0 Å². The summed E-state index contributed by atoms with van der Waals surface area (Å²) in [7, 11) is 4.99. The number of methoxy groups -OCH3 is 2. The van der Waals surface area contributed by atoms with Gasteiger partial charge in [0, 0.05) is 44.6 Å². The van der Waals surface area contributed by atoms with Gasteiger partial charge in [0.15, 0.2) is 17.5 Å². The van der Waals surface area contributed by atoms with Crippen molar-refractivity contribution in [3.8, 4) is 11.5 Å². The lowest BCUT2D eigenvalue weighted by Crippen LogP contribution is -2.33. The van der Waals surface area contributed by atoms with Crippen molar-refractivity contribution in [3.05, 3.63) is 42.1 Å². The first-order valence-electron chi connectivity index (χ1n) is 10.0. The minimum absolute atomic E-state index is 0. The Morgan fingerprint density at radius 3 is 2.47 bits per heavy atom. The maximum atomic E-state index is 5.35. The maximum Gasteiger partial charge on any atom is 0.195 e. The number of hydrogen-bond acceptors (Lipinski definition) is 5. The normalized spacial score (nSPS) is 14.7. The van der Waals surface area contributed by atoms with Crippen LogP contribution in [0.5, 0.6) is 11.5 Å². The molecule has 0 radical (unpaired) electrons. The van der Waals surface area contributed by atoms with Gasteiger partial charge in [-0.1, -0.05) is 13.0 Å². The molecule has 1 aliphatic heterocycles. The van der Waals surface area contributed by atoms with E-state index in [1.165, 1.54) is 12.8 Å². The summed E-state index contributed by atoms with van der Waals surface area (Å²) in [6.45, 7) is 5.14. The van der Waals surface area contributed by atoms with Crippen LogP contribution in [0.2, 0.25) is 0 Å². The summed E-state index contributed by atoms with van der Waals surface area (Å²) in [5.74, 6) is 3.91. The number of rotatable bonds is 6. The Kier molecular flexibility index (Phi) is 9.48. The number of ether oxygens (including phenoxy) is 2. The van der Waals surface area contributed by atoms with Gasteiger partial charge >= 0.3 is 0 Å². The number of nitrogens with zero attached hydrogens (tertiary/aromatic N) is 3. The average molecular weight is 525 g/mol. The summed E-state index contributed by atoms with van der Waals surface area (Å²) in [6, 6.07) is 9.89. The zero-order valence-corrected chi connectivity index (χ0v) is 20.5. The van der Waals surface area contributed by atoms with Gasteiger partial charge in [-0.2, -0.15) is 0 Å². The van der Waals surface area contributed by atoms with Gasteiger partial charge in [0.1, 0.15) is 5.82 Å². The molecule has 2 N–H and O–H groups in total. The molecule has 0 bridgehead atoms. The average Bonchev–Trinajstić information content (AvgIpc) is 2.77. The van der Waals surface area contributed by atoms with Crippen molar-refractivity contribution >= 4 is 41.4 Å². The van der Waals surface area contributed by atoms with Gasteiger partial charge in [0.05, 0.1) is 14.2 Å². The van der Waals surface area contributed by atoms with Gasteiger partial charge in [-0.05, 0) is 42.5 Å². The quantitative estimate of drug-likeness (QED) is 0.336. The summed E-state index contributed by atoms with van der Waals surface area (Å²) in [5, 5.41) is 6.59. The second-order valence-corrected chi connectivity index (χ2v) is 7.31. The zero-order valence-electron chi connectivity index (χ0n) is 18.1. The van der Waals surface area contributed by atoms with Crippen molar-refractivity contribution < 1.29 is 9.47 Å². The van der Waals surface area contributed by atoms with Crippen molar-refractivity contribution in [3.63, 3.8) is 0 Å². The fourth-order valence-corrected chi connectivity index (χ4v) is 3.36. The number of hydrogen-bond donors (Lipinski definition) is 2. The van der Waals surface area contributed by atoms with E-state index < -0.39 is 0 Å². The molecule has 2 heterocycles. The molecule has 1 saturated heterocycles. The molecule has 3 rings (SSSR count). The number of pyridine rings is 1. The molecule has 8 heteroatoms. The van der Waals surface area contributed by atoms with E-state index in [4.69, 9.17) is 9.47 Å². The van der Waals surface area contributed by atoms with Crippen molar-refractivity contribution in [1.82, 2.24) is 10.3 Å². The number of piperidine rings is 1. The van der Waals surface area contributed by atoms with Crippen LogP contribution in [0.3, 0.4) is 0 Å². The van der Waals surface area contributed by atoms with E-state index in [0.29, 0.717) is 24.0 Å². The molecule has 164 valence electrons. The van der Waals surface area contributed by atoms with Crippen molar-refractivity contribution in [2.24, 2.45) is 10.9 Å². The van der Waals surface area contributed by atoms with E-state index in [2.05, 4.69) is 44.6 Å². The summed E-state index contributed by atoms with van der Waals surface area (Å²) in [6.07, 6.45) is 4.41. The van der Waals surface area contributed by atoms with Crippen molar-refractivity contribution in [1.29, 1.82) is 0 Å². The largest absolute Gasteiger partial charge is 0.493 e. The topological polar surface area (TPSA) is 71.0 Å². The molecular formula is C22H32IN5O2. The fourth-order valence-electron chi connectivity index (χ4n) is 3.36. The number of nitrogens with one attached hydrogen (secondary N) is 2. The molecule has 0 aliphatic carbocycles. The lowest BCUT2D eigenvalue weighted by atomic mass is 9.99. The Hall–Kier alpha value is -2.23. The molecule has 0 spiro atoms. The van der Waals surface area contributed by atoms with Crippen LogP contribution in [-0.4, -0.2) is 45.3 Å². The molecule has 1 aromatic carbocycles. The van der Waals surface area contributed by atoms with Crippen LogP contribution in [0.25, 0.3) is 0 Å². The summed E-state index contributed by atoms with van der Waals surface area (Å²) in [5.41, 5.74) is 1.97. The highest BCUT2D eigenvalue weighted by Crippen LogP contribution is 2.29. The van der Waals surface area contributed by atoms with E-state index in [9.17, 15) is 0 Å². The standard InChI is InChI=1S/C22H31N5O2.HI/c1-16-9-11-27(12-10-16)21-8-5-17(14-24-21)15-25-22(23-2)26-18-6-7-19(28-3)20(13-18)29-4;/h5-8,13-14,16H,9-12,15H2,1-4H3,(H2,23,25,26);1H. The zero-order chi connectivity index (χ0) is 20.6. The van der Waals surface area contributed by atoms with E-state index in [-0.39, 0.29) is 24.0 Å². The van der Waals surface area contributed by atoms with Gasteiger partial charge in [-0.15, -0.1) is 24.0 Å². The van der Waals surface area contributed by atoms with Crippen LogP contribution in [-0.2, 0) is 6.54 Å². The minimum atomic E-state index is 0. The number of anilines is 2. The molecule has 1 aliphatic rings. The Morgan fingerprint density at radius 1 is 1.13 bits per heavy atom. The monoisotopic (exact) mass is 525 g/mol. The van der Waals surface area contributed by atoms with Crippen LogP contribution in [0.1, 0.15) is 25.3 Å². The molecule has 0 saturated carbocycles. The minimum Gasteiger partial charge on any atom is -0.493 e. The Labute approximate surface area is 196 Å². The molecule has 1 aromatic heterocycles. The predicted octanol–water partition coefficient (Wildman–Crippen LogP) is 4.14. The molecule has 0 atom stereocenters. The van der Waals surface area contributed by atoms with Crippen LogP contribution in [0.4, 0.5) is 11.5 Å². The molecular weight excluding hydrogens is 493 g/mol. The fraction of sp³-hybridized carbons (Fsp3) is 0.455. The predicted molar refractivity (Wildman–Crippen MR) is 134 cm³/mol. The summed E-state index contributed by atoms with van der Waals surface area (Å²) in [4.78, 5) is 11.3. The third kappa shape index (κ3) is 6.38. The van der Waals surface area contributed by atoms with E-state index in [0.717, 1.165) is 36.1 Å². The number of halogens is 1. The molecule has 2 aromatic rings. The Balaban J connectivity index is 0.00000320. The van der Waals surface area contributed by atoms with E-state index in [1.54, 1.807) is 21.3 Å². The van der Waals surface area contributed by atoms with Crippen molar-refractivity contribution in [2.75, 3.05) is 44.6 Å². The number of aromatic nitrogens is 1. The smallest absolute Gasteiger partial charge is 0.195 e. The van der Waals surface area contributed by atoms with Crippen LogP contribution in [0.15, 0.2) is 41.5 Å². The lowest BCUT2D eigenvalue weighted by molar-refractivity contribution is 0.355. The van der Waals surface area contributed by atoms with Gasteiger partial charge in [0.25, 0.3) is 0 Å².